The molecule has 160 valence electrons. The number of halogens is 1. The van der Waals surface area contributed by atoms with Crippen molar-refractivity contribution in [3.05, 3.63) is 40.5 Å². The number of anilines is 2. The molecule has 1 saturated carbocycles. The molecule has 9 heteroatoms. The molecule has 0 radical (unpaired) electrons. The van der Waals surface area contributed by atoms with Gasteiger partial charge in [0.25, 0.3) is 0 Å². The van der Waals surface area contributed by atoms with Gasteiger partial charge in [0.15, 0.2) is 5.82 Å². The van der Waals surface area contributed by atoms with E-state index in [9.17, 15) is 14.8 Å². The zero-order valence-corrected chi connectivity index (χ0v) is 18.2. The lowest BCUT2D eigenvalue weighted by Gasteiger charge is -2.41. The number of nitrogens with one attached hydrogen (secondary N) is 1. The van der Waals surface area contributed by atoms with Gasteiger partial charge in [0.1, 0.15) is 17.0 Å². The van der Waals surface area contributed by atoms with Crippen LogP contribution >= 0.6 is 11.6 Å². The molecule has 1 aromatic carbocycles. The van der Waals surface area contributed by atoms with E-state index in [0.717, 1.165) is 30.5 Å². The van der Waals surface area contributed by atoms with Gasteiger partial charge >= 0.3 is 0 Å². The predicted octanol–water partition coefficient (Wildman–Crippen LogP) is 2.22. The Morgan fingerprint density at radius 2 is 1.97 bits per heavy atom. The van der Waals surface area contributed by atoms with Gasteiger partial charge < -0.3 is 25.0 Å². The third kappa shape index (κ3) is 3.44. The standard InChI is InChI=1S/C21H25ClN4O3S/c22-15-4-2-14(3-5-15)21(28)9-10-26(12-21)19-23-16-6-11-30(29)17(16)18(24-19)25-20(13-27)7-1-8-20/h2-5,27-28H,1,6-13H2,(H,23,24,25)/t21?,30-/m1/s1. The molecule has 0 bridgehead atoms. The highest BCUT2D eigenvalue weighted by molar-refractivity contribution is 7.91. The fraction of sp³-hybridized carbons (Fsp3) is 0.524. The number of hydrogen-bond donors (Lipinski definition) is 3. The normalized spacial score (nSPS) is 27.1. The molecule has 2 aliphatic heterocycles. The van der Waals surface area contributed by atoms with Crippen molar-refractivity contribution in [3.8, 4) is 0 Å². The summed E-state index contributed by atoms with van der Waals surface area (Å²) in [6.07, 6.45) is 3.99. The Labute approximate surface area is 183 Å². The molecule has 1 saturated heterocycles. The Bertz CT molecular complexity index is 951. The van der Waals surface area contributed by atoms with Gasteiger partial charge in [0, 0.05) is 18.0 Å². The molecule has 3 aliphatic rings. The van der Waals surface area contributed by atoms with E-state index >= 15 is 0 Å². The number of aliphatic hydroxyl groups is 2. The first kappa shape index (κ1) is 20.3. The summed E-state index contributed by atoms with van der Waals surface area (Å²) in [6, 6.07) is 7.28. The Morgan fingerprint density at radius 1 is 1.20 bits per heavy atom. The third-order valence-corrected chi connectivity index (χ3v) is 8.30. The van der Waals surface area contributed by atoms with Crippen LogP contribution < -0.4 is 10.2 Å². The van der Waals surface area contributed by atoms with E-state index in [1.807, 2.05) is 17.0 Å². The molecule has 3 heterocycles. The van der Waals surface area contributed by atoms with E-state index < -0.39 is 16.8 Å². The van der Waals surface area contributed by atoms with Gasteiger partial charge in [-0.1, -0.05) is 23.7 Å². The summed E-state index contributed by atoms with van der Waals surface area (Å²) in [5.74, 6) is 1.65. The molecule has 2 fully saturated rings. The van der Waals surface area contributed by atoms with Crippen LogP contribution in [0.4, 0.5) is 11.8 Å². The summed E-state index contributed by atoms with van der Waals surface area (Å²) >= 11 is 4.86. The minimum Gasteiger partial charge on any atom is -0.611 e. The Balaban J connectivity index is 1.45. The van der Waals surface area contributed by atoms with E-state index in [1.54, 1.807) is 12.1 Å². The Morgan fingerprint density at radius 3 is 2.63 bits per heavy atom. The first-order chi connectivity index (χ1) is 14.4. The minimum absolute atomic E-state index is 0.0216. The van der Waals surface area contributed by atoms with Crippen molar-refractivity contribution in [2.45, 2.75) is 48.1 Å². The number of aryl methyl sites for hydroxylation is 1. The van der Waals surface area contributed by atoms with Crippen molar-refractivity contribution in [3.63, 3.8) is 0 Å². The zero-order valence-electron chi connectivity index (χ0n) is 16.6. The van der Waals surface area contributed by atoms with Crippen molar-refractivity contribution < 1.29 is 14.8 Å². The molecule has 0 spiro atoms. The van der Waals surface area contributed by atoms with Gasteiger partial charge in [-0.05, 0) is 54.6 Å². The van der Waals surface area contributed by atoms with Crippen LogP contribution in [0.15, 0.2) is 29.2 Å². The van der Waals surface area contributed by atoms with Gasteiger partial charge in [-0.2, -0.15) is 4.98 Å². The van der Waals surface area contributed by atoms with Gasteiger partial charge in [0.05, 0.1) is 18.7 Å². The van der Waals surface area contributed by atoms with Gasteiger partial charge in [-0.3, -0.25) is 0 Å². The molecular formula is C21H25ClN4O3S. The first-order valence-electron chi connectivity index (χ1n) is 10.3. The number of hydrogen-bond acceptors (Lipinski definition) is 7. The molecule has 1 aliphatic carbocycles. The largest absolute Gasteiger partial charge is 0.611 e. The quantitative estimate of drug-likeness (QED) is 0.602. The average Bonchev–Trinajstić information content (AvgIpc) is 3.29. The number of rotatable bonds is 5. The number of β-amino-alcohol motifs (C(OH)–C–C–N with tert-alkyl or cyclic N) is 1. The Hall–Kier alpha value is -1.58. The number of benzene rings is 1. The number of fused-ring (bicyclic) bond motifs is 1. The topological polar surface area (TPSA) is 105 Å². The SMILES string of the molecule is [O-][S@+]1CCc2nc(N3CCC(O)(c4ccc(Cl)cc4)C3)nc(NC3(CO)CCC3)c21. The smallest absolute Gasteiger partial charge is 0.228 e. The van der Waals surface area contributed by atoms with E-state index in [-0.39, 0.29) is 12.1 Å². The van der Waals surface area contributed by atoms with E-state index in [2.05, 4.69) is 5.32 Å². The summed E-state index contributed by atoms with van der Waals surface area (Å²) in [7, 11) is 0. The van der Waals surface area contributed by atoms with Crippen LogP contribution in [-0.2, 0) is 23.2 Å². The summed E-state index contributed by atoms with van der Waals surface area (Å²) < 4.78 is 12.6. The molecule has 1 aromatic heterocycles. The number of nitrogens with zero attached hydrogens (tertiary/aromatic N) is 3. The second kappa shape index (κ2) is 7.53. The lowest BCUT2D eigenvalue weighted by Crippen LogP contribution is -2.49. The summed E-state index contributed by atoms with van der Waals surface area (Å²) in [6.45, 7) is 1.01. The number of aromatic nitrogens is 2. The predicted molar refractivity (Wildman–Crippen MR) is 116 cm³/mol. The molecule has 5 rings (SSSR count). The summed E-state index contributed by atoms with van der Waals surface area (Å²) in [4.78, 5) is 12.1. The second-order valence-electron chi connectivity index (χ2n) is 8.57. The van der Waals surface area contributed by atoms with Crippen LogP contribution in [0.1, 0.15) is 36.9 Å². The van der Waals surface area contributed by atoms with E-state index in [0.29, 0.717) is 53.4 Å². The molecular weight excluding hydrogens is 424 g/mol. The van der Waals surface area contributed by atoms with Crippen molar-refractivity contribution in [2.24, 2.45) is 0 Å². The summed E-state index contributed by atoms with van der Waals surface area (Å²) in [5, 5.41) is 25.1. The molecule has 2 atom stereocenters. The lowest BCUT2D eigenvalue weighted by molar-refractivity contribution is 0.0606. The van der Waals surface area contributed by atoms with Crippen molar-refractivity contribution in [2.75, 3.05) is 35.7 Å². The lowest BCUT2D eigenvalue weighted by atomic mass is 9.77. The molecule has 30 heavy (non-hydrogen) atoms. The van der Waals surface area contributed by atoms with Crippen molar-refractivity contribution in [1.82, 2.24) is 9.97 Å². The van der Waals surface area contributed by atoms with E-state index in [4.69, 9.17) is 21.6 Å². The van der Waals surface area contributed by atoms with Crippen LogP contribution in [0, 0.1) is 0 Å². The van der Waals surface area contributed by atoms with Gasteiger partial charge in [-0.25, -0.2) is 4.98 Å². The molecule has 2 aromatic rings. The maximum atomic E-state index is 12.6. The maximum absolute atomic E-state index is 12.6. The fourth-order valence-electron chi connectivity index (χ4n) is 4.55. The Kier molecular flexibility index (Phi) is 5.10. The van der Waals surface area contributed by atoms with Gasteiger partial charge in [0.2, 0.25) is 10.8 Å². The maximum Gasteiger partial charge on any atom is 0.228 e. The van der Waals surface area contributed by atoms with Crippen LogP contribution in [-0.4, -0.2) is 55.7 Å². The summed E-state index contributed by atoms with van der Waals surface area (Å²) in [5.41, 5.74) is 0.240. The fourth-order valence-corrected chi connectivity index (χ4v) is 5.98. The monoisotopic (exact) mass is 448 g/mol. The molecule has 1 unspecified atom stereocenters. The van der Waals surface area contributed by atoms with Crippen molar-refractivity contribution >= 4 is 34.5 Å². The van der Waals surface area contributed by atoms with Gasteiger partial charge in [-0.15, -0.1) is 0 Å². The highest BCUT2D eigenvalue weighted by Gasteiger charge is 2.43. The van der Waals surface area contributed by atoms with Crippen molar-refractivity contribution in [1.29, 1.82) is 0 Å². The molecule has 7 nitrogen and oxygen atoms in total. The van der Waals surface area contributed by atoms with Crippen LogP contribution in [0.5, 0.6) is 0 Å². The minimum atomic E-state index is -1.13. The second-order valence-corrected chi connectivity index (χ2v) is 10.5. The van der Waals surface area contributed by atoms with Crippen LogP contribution in [0.3, 0.4) is 0 Å². The highest BCUT2D eigenvalue weighted by Crippen LogP contribution is 2.40. The average molecular weight is 449 g/mol. The molecule has 0 amide bonds. The molecule has 3 N–H and O–H groups in total. The highest BCUT2D eigenvalue weighted by atomic mass is 35.5. The number of aliphatic hydroxyl groups excluding tert-OH is 1. The van der Waals surface area contributed by atoms with Crippen LogP contribution in [0.2, 0.25) is 5.02 Å². The third-order valence-electron chi connectivity index (χ3n) is 6.58. The van der Waals surface area contributed by atoms with E-state index in [1.165, 1.54) is 0 Å². The first-order valence-corrected chi connectivity index (χ1v) is 12.0. The zero-order chi connectivity index (χ0) is 20.9. The van der Waals surface area contributed by atoms with Crippen LogP contribution in [0.25, 0.3) is 0 Å².